The predicted molar refractivity (Wildman–Crippen MR) is 67.7 cm³/mol. The van der Waals surface area contributed by atoms with Crippen LogP contribution in [0, 0.1) is 5.82 Å². The van der Waals surface area contributed by atoms with Crippen LogP contribution in [0.1, 0.15) is 30.1 Å². The second kappa shape index (κ2) is 4.90. The molecule has 1 saturated heterocycles. The highest BCUT2D eigenvalue weighted by Gasteiger charge is 2.19. The van der Waals surface area contributed by atoms with Gasteiger partial charge in [0.1, 0.15) is 5.82 Å². The molecule has 2 heterocycles. The summed E-state index contributed by atoms with van der Waals surface area (Å²) in [5.74, 6) is -0.193. The summed E-state index contributed by atoms with van der Waals surface area (Å²) in [5.41, 5.74) is 2.31. The molecule has 94 valence electrons. The minimum absolute atomic E-state index is 0.193. The molecule has 0 spiro atoms. The van der Waals surface area contributed by atoms with Crippen LogP contribution in [0.2, 0.25) is 0 Å². The van der Waals surface area contributed by atoms with Gasteiger partial charge < -0.3 is 9.88 Å². The van der Waals surface area contributed by atoms with Gasteiger partial charge in [-0.25, -0.2) is 9.37 Å². The molecule has 1 atom stereocenters. The molecule has 1 fully saturated rings. The van der Waals surface area contributed by atoms with Gasteiger partial charge in [0.2, 0.25) is 0 Å². The van der Waals surface area contributed by atoms with Crippen molar-refractivity contribution in [3.63, 3.8) is 0 Å². The van der Waals surface area contributed by atoms with Crippen molar-refractivity contribution in [2.75, 3.05) is 6.54 Å². The Morgan fingerprint density at radius 2 is 2.17 bits per heavy atom. The van der Waals surface area contributed by atoms with Crippen LogP contribution in [0.15, 0.2) is 36.8 Å². The fourth-order valence-electron chi connectivity index (χ4n) is 2.48. The first kappa shape index (κ1) is 11.4. The number of nitrogens with zero attached hydrogens (tertiary/aromatic N) is 2. The molecule has 1 aromatic heterocycles. The smallest absolute Gasteiger partial charge is 0.123 e. The first-order valence-electron chi connectivity index (χ1n) is 6.31. The van der Waals surface area contributed by atoms with E-state index < -0.39 is 0 Å². The van der Waals surface area contributed by atoms with Gasteiger partial charge in [-0.1, -0.05) is 12.1 Å². The van der Waals surface area contributed by atoms with E-state index in [9.17, 15) is 4.39 Å². The van der Waals surface area contributed by atoms with E-state index >= 15 is 0 Å². The number of hydrogen-bond acceptors (Lipinski definition) is 2. The van der Waals surface area contributed by atoms with Gasteiger partial charge in [-0.2, -0.15) is 0 Å². The second-order valence-electron chi connectivity index (χ2n) is 4.72. The van der Waals surface area contributed by atoms with Gasteiger partial charge in [-0.15, -0.1) is 0 Å². The highest BCUT2D eigenvalue weighted by Crippen LogP contribution is 2.23. The number of rotatable bonds is 3. The summed E-state index contributed by atoms with van der Waals surface area (Å²) in [6.07, 6.45) is 6.15. The molecule has 1 aliphatic heterocycles. The van der Waals surface area contributed by atoms with Crippen molar-refractivity contribution in [2.45, 2.75) is 25.4 Å². The minimum Gasteiger partial charge on any atom is -0.329 e. The van der Waals surface area contributed by atoms with Gasteiger partial charge in [0.05, 0.1) is 12.0 Å². The molecular weight excluding hydrogens is 229 g/mol. The number of halogens is 1. The number of hydrogen-bond donors (Lipinski definition) is 1. The van der Waals surface area contributed by atoms with Gasteiger partial charge in [0, 0.05) is 18.8 Å². The quantitative estimate of drug-likeness (QED) is 0.900. The van der Waals surface area contributed by atoms with Crippen molar-refractivity contribution >= 4 is 0 Å². The summed E-state index contributed by atoms with van der Waals surface area (Å²) in [6, 6.07) is 7.05. The molecule has 4 heteroatoms. The number of benzene rings is 1. The Kier molecular flexibility index (Phi) is 3.11. The zero-order chi connectivity index (χ0) is 12.4. The van der Waals surface area contributed by atoms with E-state index in [0.717, 1.165) is 25.1 Å². The lowest BCUT2D eigenvalue weighted by atomic mass is 10.1. The normalized spacial score (nSPS) is 19.3. The SMILES string of the molecule is Fc1ccc(Cn2cncc2C2CCCN2)cc1. The Hall–Kier alpha value is -1.68. The largest absolute Gasteiger partial charge is 0.329 e. The molecule has 0 aliphatic carbocycles. The van der Waals surface area contributed by atoms with E-state index in [1.807, 2.05) is 24.7 Å². The molecule has 1 aliphatic rings. The van der Waals surface area contributed by atoms with E-state index in [4.69, 9.17) is 0 Å². The van der Waals surface area contributed by atoms with Crippen molar-refractivity contribution in [1.29, 1.82) is 0 Å². The van der Waals surface area contributed by atoms with Crippen molar-refractivity contribution in [2.24, 2.45) is 0 Å². The summed E-state index contributed by atoms with van der Waals surface area (Å²) in [4.78, 5) is 4.23. The van der Waals surface area contributed by atoms with Gasteiger partial charge in [0.15, 0.2) is 0 Å². The van der Waals surface area contributed by atoms with Crippen LogP contribution >= 0.6 is 0 Å². The highest BCUT2D eigenvalue weighted by molar-refractivity contribution is 5.18. The van der Waals surface area contributed by atoms with E-state index in [-0.39, 0.29) is 5.82 Å². The molecule has 1 unspecified atom stereocenters. The van der Waals surface area contributed by atoms with E-state index in [1.54, 1.807) is 0 Å². The first-order chi connectivity index (χ1) is 8.83. The average Bonchev–Trinajstić information content (AvgIpc) is 3.02. The number of imidazole rings is 1. The fourth-order valence-corrected chi connectivity index (χ4v) is 2.48. The third-order valence-corrected chi connectivity index (χ3v) is 3.43. The molecule has 0 amide bonds. The Labute approximate surface area is 106 Å². The Bertz CT molecular complexity index is 512. The summed E-state index contributed by atoms with van der Waals surface area (Å²) in [6.45, 7) is 1.82. The lowest BCUT2D eigenvalue weighted by molar-refractivity contribution is 0.583. The van der Waals surface area contributed by atoms with Crippen molar-refractivity contribution in [3.05, 3.63) is 53.9 Å². The average molecular weight is 245 g/mol. The lowest BCUT2D eigenvalue weighted by Gasteiger charge is -2.13. The van der Waals surface area contributed by atoms with Crippen LogP contribution in [0.25, 0.3) is 0 Å². The van der Waals surface area contributed by atoms with Gasteiger partial charge in [0.25, 0.3) is 0 Å². The Morgan fingerprint density at radius 1 is 1.33 bits per heavy atom. The first-order valence-corrected chi connectivity index (χ1v) is 6.31. The molecule has 0 bridgehead atoms. The molecule has 18 heavy (non-hydrogen) atoms. The summed E-state index contributed by atoms with van der Waals surface area (Å²) >= 11 is 0. The van der Waals surface area contributed by atoms with Gasteiger partial charge in [-0.3, -0.25) is 0 Å². The van der Waals surface area contributed by atoms with E-state index in [2.05, 4.69) is 14.9 Å². The van der Waals surface area contributed by atoms with Gasteiger partial charge >= 0.3 is 0 Å². The van der Waals surface area contributed by atoms with Gasteiger partial charge in [-0.05, 0) is 37.1 Å². The summed E-state index contributed by atoms with van der Waals surface area (Å²) in [7, 11) is 0. The van der Waals surface area contributed by atoms with Crippen molar-refractivity contribution in [1.82, 2.24) is 14.9 Å². The van der Waals surface area contributed by atoms with Crippen LogP contribution in [-0.2, 0) is 6.54 Å². The van der Waals surface area contributed by atoms with Crippen LogP contribution in [0.3, 0.4) is 0 Å². The molecule has 1 N–H and O–H groups in total. The molecule has 3 nitrogen and oxygen atoms in total. The second-order valence-corrected chi connectivity index (χ2v) is 4.72. The fraction of sp³-hybridized carbons (Fsp3) is 0.357. The number of nitrogens with one attached hydrogen (secondary N) is 1. The maximum Gasteiger partial charge on any atom is 0.123 e. The van der Waals surface area contributed by atoms with E-state index in [1.165, 1.54) is 24.2 Å². The Balaban J connectivity index is 1.80. The molecule has 2 aromatic rings. The zero-order valence-corrected chi connectivity index (χ0v) is 10.1. The highest BCUT2D eigenvalue weighted by atomic mass is 19.1. The summed E-state index contributed by atoms with van der Waals surface area (Å²) < 4.78 is 15.0. The van der Waals surface area contributed by atoms with Crippen LogP contribution in [0.5, 0.6) is 0 Å². The Morgan fingerprint density at radius 3 is 2.89 bits per heavy atom. The molecule has 3 rings (SSSR count). The van der Waals surface area contributed by atoms with Crippen molar-refractivity contribution in [3.8, 4) is 0 Å². The molecular formula is C14H16FN3. The molecule has 0 radical (unpaired) electrons. The van der Waals surface area contributed by atoms with E-state index in [0.29, 0.717) is 6.04 Å². The zero-order valence-electron chi connectivity index (χ0n) is 10.1. The third-order valence-electron chi connectivity index (χ3n) is 3.43. The minimum atomic E-state index is -0.193. The molecule has 0 saturated carbocycles. The van der Waals surface area contributed by atoms with Crippen molar-refractivity contribution < 1.29 is 4.39 Å². The molecule has 1 aromatic carbocycles. The number of aromatic nitrogens is 2. The predicted octanol–water partition coefficient (Wildman–Crippen LogP) is 2.50. The standard InChI is InChI=1S/C14H16FN3/c15-12-5-3-11(4-6-12)9-18-10-16-8-14(18)13-2-1-7-17-13/h3-6,8,10,13,17H,1-2,7,9H2. The van der Waals surface area contributed by atoms with Crippen LogP contribution in [0.4, 0.5) is 4.39 Å². The topological polar surface area (TPSA) is 29.9 Å². The van der Waals surface area contributed by atoms with Crippen LogP contribution < -0.4 is 5.32 Å². The third kappa shape index (κ3) is 2.29. The maximum atomic E-state index is 12.9. The maximum absolute atomic E-state index is 12.9. The summed E-state index contributed by atoms with van der Waals surface area (Å²) in [5, 5.41) is 3.47. The monoisotopic (exact) mass is 245 g/mol. The van der Waals surface area contributed by atoms with Crippen LogP contribution in [-0.4, -0.2) is 16.1 Å². The lowest BCUT2D eigenvalue weighted by Crippen LogP contribution is -2.17.